The van der Waals surface area contributed by atoms with Crippen LogP contribution in [0.2, 0.25) is 10.0 Å². The third-order valence-corrected chi connectivity index (χ3v) is 3.82. The molecule has 1 heterocycles. The fraction of sp³-hybridized carbons (Fsp3) is 0.188. The maximum absolute atomic E-state index is 13.0. The van der Waals surface area contributed by atoms with Gasteiger partial charge in [-0.2, -0.15) is 0 Å². The third-order valence-electron chi connectivity index (χ3n) is 3.23. The number of ether oxygens (including phenoxy) is 2. The fourth-order valence-electron chi connectivity index (χ4n) is 2.24. The van der Waals surface area contributed by atoms with Crippen LogP contribution in [0.3, 0.4) is 0 Å². The van der Waals surface area contributed by atoms with Crippen LogP contribution in [0.15, 0.2) is 30.3 Å². The number of hydrogen-bond acceptors (Lipinski definition) is 3. The average molecular weight is 356 g/mol. The summed E-state index contributed by atoms with van der Waals surface area (Å²) in [5, 5.41) is 3.16. The number of anilines is 1. The lowest BCUT2D eigenvalue weighted by molar-refractivity contribution is -0.115. The van der Waals surface area contributed by atoms with Crippen molar-refractivity contribution in [2.24, 2.45) is 0 Å². The van der Waals surface area contributed by atoms with Crippen molar-refractivity contribution in [1.82, 2.24) is 0 Å². The molecule has 1 N–H and O–H groups in total. The van der Waals surface area contributed by atoms with Gasteiger partial charge in [-0.3, -0.25) is 4.79 Å². The second-order valence-corrected chi connectivity index (χ2v) is 5.77. The van der Waals surface area contributed by atoms with Crippen LogP contribution in [0.5, 0.6) is 11.5 Å². The van der Waals surface area contributed by atoms with Crippen molar-refractivity contribution in [3.8, 4) is 11.5 Å². The molecular formula is C16H12Cl2FNO3. The highest BCUT2D eigenvalue weighted by Crippen LogP contribution is 2.38. The molecule has 0 aliphatic carbocycles. The van der Waals surface area contributed by atoms with E-state index in [9.17, 15) is 9.18 Å². The zero-order valence-corrected chi connectivity index (χ0v) is 13.4. The summed E-state index contributed by atoms with van der Waals surface area (Å²) < 4.78 is 23.9. The summed E-state index contributed by atoms with van der Waals surface area (Å²) in [4.78, 5) is 12.1. The summed E-state index contributed by atoms with van der Waals surface area (Å²) in [5.41, 5.74) is 1.02. The van der Waals surface area contributed by atoms with Gasteiger partial charge >= 0.3 is 0 Å². The Kier molecular flexibility index (Phi) is 4.59. The molecule has 0 saturated carbocycles. The quantitative estimate of drug-likeness (QED) is 0.901. The lowest BCUT2D eigenvalue weighted by Crippen LogP contribution is -2.17. The number of rotatable bonds is 3. The Balaban J connectivity index is 1.74. The number of amides is 1. The zero-order chi connectivity index (χ0) is 16.4. The SMILES string of the molecule is O=C(Cc1cc(Cl)c2c(c1)OCCO2)Nc1ccc(F)cc1Cl. The summed E-state index contributed by atoms with van der Waals surface area (Å²) in [6, 6.07) is 7.14. The molecule has 0 saturated heterocycles. The minimum absolute atomic E-state index is 0.0735. The van der Waals surface area contributed by atoms with E-state index in [1.165, 1.54) is 12.1 Å². The Bertz CT molecular complexity index is 767. The molecule has 0 spiro atoms. The van der Waals surface area contributed by atoms with Gasteiger partial charge in [0.15, 0.2) is 11.5 Å². The van der Waals surface area contributed by atoms with Gasteiger partial charge in [0, 0.05) is 0 Å². The predicted octanol–water partition coefficient (Wildman–Crippen LogP) is 4.08. The summed E-state index contributed by atoms with van der Waals surface area (Å²) in [7, 11) is 0. The Morgan fingerprint density at radius 1 is 1.13 bits per heavy atom. The van der Waals surface area contributed by atoms with Crippen LogP contribution in [0, 0.1) is 5.82 Å². The average Bonchev–Trinajstić information content (AvgIpc) is 2.50. The van der Waals surface area contributed by atoms with Gasteiger partial charge in [-0.1, -0.05) is 23.2 Å². The summed E-state index contributed by atoms with van der Waals surface area (Å²) in [5.74, 6) is 0.243. The first kappa shape index (κ1) is 15.9. The molecule has 1 aliphatic heterocycles. The first-order valence-corrected chi connectivity index (χ1v) is 7.61. The molecule has 0 radical (unpaired) electrons. The van der Waals surface area contributed by atoms with Crippen LogP contribution in [0.4, 0.5) is 10.1 Å². The van der Waals surface area contributed by atoms with Crippen molar-refractivity contribution in [3.05, 3.63) is 51.8 Å². The van der Waals surface area contributed by atoms with Gasteiger partial charge in [0.25, 0.3) is 0 Å². The van der Waals surface area contributed by atoms with E-state index < -0.39 is 5.82 Å². The van der Waals surface area contributed by atoms with E-state index in [2.05, 4.69) is 5.32 Å². The van der Waals surface area contributed by atoms with Crippen molar-refractivity contribution in [3.63, 3.8) is 0 Å². The smallest absolute Gasteiger partial charge is 0.228 e. The monoisotopic (exact) mass is 355 g/mol. The van der Waals surface area contributed by atoms with E-state index in [4.69, 9.17) is 32.7 Å². The lowest BCUT2D eigenvalue weighted by Gasteiger charge is -2.20. The van der Waals surface area contributed by atoms with Gasteiger partial charge in [-0.25, -0.2) is 4.39 Å². The molecule has 3 rings (SSSR count). The molecule has 23 heavy (non-hydrogen) atoms. The van der Waals surface area contributed by atoms with E-state index in [-0.39, 0.29) is 17.4 Å². The number of fused-ring (bicyclic) bond motifs is 1. The van der Waals surface area contributed by atoms with Gasteiger partial charge in [0.2, 0.25) is 5.91 Å². The Morgan fingerprint density at radius 2 is 1.91 bits per heavy atom. The number of benzene rings is 2. The molecule has 0 atom stereocenters. The van der Waals surface area contributed by atoms with Crippen molar-refractivity contribution >= 4 is 34.8 Å². The minimum atomic E-state index is -0.466. The van der Waals surface area contributed by atoms with Crippen LogP contribution in [-0.4, -0.2) is 19.1 Å². The van der Waals surface area contributed by atoms with E-state index in [0.717, 1.165) is 6.07 Å². The highest BCUT2D eigenvalue weighted by Gasteiger charge is 2.18. The lowest BCUT2D eigenvalue weighted by atomic mass is 10.1. The second-order valence-electron chi connectivity index (χ2n) is 4.95. The van der Waals surface area contributed by atoms with Crippen LogP contribution in [-0.2, 0) is 11.2 Å². The second kappa shape index (κ2) is 6.64. The van der Waals surface area contributed by atoms with Crippen molar-refractivity contribution < 1.29 is 18.7 Å². The van der Waals surface area contributed by atoms with Crippen molar-refractivity contribution in [2.75, 3.05) is 18.5 Å². The minimum Gasteiger partial charge on any atom is -0.486 e. The van der Waals surface area contributed by atoms with E-state index in [0.29, 0.717) is 41.0 Å². The van der Waals surface area contributed by atoms with Gasteiger partial charge < -0.3 is 14.8 Å². The van der Waals surface area contributed by atoms with Crippen LogP contribution >= 0.6 is 23.2 Å². The molecule has 2 aromatic carbocycles. The number of carbonyl (C=O) groups is 1. The van der Waals surface area contributed by atoms with Gasteiger partial charge in [0.05, 0.1) is 22.2 Å². The van der Waals surface area contributed by atoms with Gasteiger partial charge in [-0.05, 0) is 35.9 Å². The third kappa shape index (κ3) is 3.68. The molecule has 1 amide bonds. The first-order valence-electron chi connectivity index (χ1n) is 6.86. The number of hydrogen-bond donors (Lipinski definition) is 1. The zero-order valence-electron chi connectivity index (χ0n) is 11.9. The van der Waals surface area contributed by atoms with Crippen LogP contribution in [0.1, 0.15) is 5.56 Å². The Morgan fingerprint density at radius 3 is 2.70 bits per heavy atom. The molecule has 1 aliphatic rings. The maximum atomic E-state index is 13.0. The molecule has 2 aromatic rings. The summed E-state index contributed by atoms with van der Waals surface area (Å²) >= 11 is 12.0. The van der Waals surface area contributed by atoms with E-state index in [1.807, 2.05) is 0 Å². The van der Waals surface area contributed by atoms with E-state index >= 15 is 0 Å². The Labute approximate surface area is 142 Å². The standard InChI is InChI=1S/C16H12Cl2FNO3/c17-11-8-10(19)1-2-13(11)20-15(21)7-9-5-12(18)16-14(6-9)22-3-4-23-16/h1-2,5-6,8H,3-4,7H2,(H,20,21). The van der Waals surface area contributed by atoms with Gasteiger partial charge in [0.1, 0.15) is 19.0 Å². The molecule has 4 nitrogen and oxygen atoms in total. The van der Waals surface area contributed by atoms with Crippen molar-refractivity contribution in [2.45, 2.75) is 6.42 Å². The highest BCUT2D eigenvalue weighted by atomic mass is 35.5. The molecule has 0 bridgehead atoms. The van der Waals surface area contributed by atoms with Gasteiger partial charge in [-0.15, -0.1) is 0 Å². The van der Waals surface area contributed by atoms with E-state index in [1.54, 1.807) is 12.1 Å². The maximum Gasteiger partial charge on any atom is 0.228 e. The number of nitrogens with one attached hydrogen (secondary N) is 1. The summed E-state index contributed by atoms with van der Waals surface area (Å²) in [6.45, 7) is 0.875. The molecule has 0 fully saturated rings. The summed E-state index contributed by atoms with van der Waals surface area (Å²) in [6.07, 6.45) is 0.0735. The molecule has 7 heteroatoms. The number of halogens is 3. The van der Waals surface area contributed by atoms with Crippen LogP contribution in [0.25, 0.3) is 0 Å². The van der Waals surface area contributed by atoms with Crippen molar-refractivity contribution in [1.29, 1.82) is 0 Å². The normalized spacial score (nSPS) is 12.8. The highest BCUT2D eigenvalue weighted by molar-refractivity contribution is 6.33. The fourth-order valence-corrected chi connectivity index (χ4v) is 2.74. The number of carbonyl (C=O) groups excluding carboxylic acids is 1. The van der Waals surface area contributed by atoms with Crippen LogP contribution < -0.4 is 14.8 Å². The molecule has 0 unspecified atom stereocenters. The molecular weight excluding hydrogens is 344 g/mol. The molecule has 0 aromatic heterocycles. The molecule has 120 valence electrons. The Hall–Kier alpha value is -1.98. The largest absolute Gasteiger partial charge is 0.486 e. The predicted molar refractivity (Wildman–Crippen MR) is 86.2 cm³/mol. The topological polar surface area (TPSA) is 47.6 Å². The first-order chi connectivity index (χ1) is 11.0.